The van der Waals surface area contributed by atoms with E-state index < -0.39 is 0 Å². The molecule has 0 saturated carbocycles. The third kappa shape index (κ3) is 2.64. The largest absolute Gasteiger partial charge is 0.494 e. The summed E-state index contributed by atoms with van der Waals surface area (Å²) in [5.41, 5.74) is 7.93. The fraction of sp³-hybridized carbons (Fsp3) is 0.500. The Hall–Kier alpha value is -1.55. The molecule has 1 atom stereocenters. The monoisotopic (exact) mass is 248 g/mol. The van der Waals surface area contributed by atoms with E-state index >= 15 is 0 Å². The Morgan fingerprint density at radius 2 is 2.28 bits per heavy atom. The summed E-state index contributed by atoms with van der Waals surface area (Å²) in [4.78, 5) is 13.3. The van der Waals surface area contributed by atoms with E-state index in [1.165, 1.54) is 11.1 Å². The maximum Gasteiger partial charge on any atom is 0.234 e. The predicted octanol–water partition coefficient (Wildman–Crippen LogP) is 1.32. The first-order valence-electron chi connectivity index (χ1n) is 6.39. The van der Waals surface area contributed by atoms with Crippen molar-refractivity contribution in [3.63, 3.8) is 0 Å². The Balaban J connectivity index is 2.16. The lowest BCUT2D eigenvalue weighted by atomic mass is 9.98. The highest BCUT2D eigenvalue weighted by atomic mass is 16.5. The van der Waals surface area contributed by atoms with Crippen LogP contribution in [0.25, 0.3) is 0 Å². The third-order valence-corrected chi connectivity index (χ3v) is 3.49. The van der Waals surface area contributed by atoms with Crippen molar-refractivity contribution in [2.75, 3.05) is 13.2 Å². The molecule has 98 valence electrons. The predicted molar refractivity (Wildman–Crippen MR) is 70.4 cm³/mol. The first-order chi connectivity index (χ1) is 8.61. The molecule has 0 unspecified atom stereocenters. The number of benzene rings is 1. The number of rotatable bonds is 4. The van der Waals surface area contributed by atoms with Gasteiger partial charge in [0.05, 0.1) is 12.6 Å². The molecule has 1 heterocycles. The second-order valence-electron chi connectivity index (χ2n) is 4.66. The van der Waals surface area contributed by atoms with Gasteiger partial charge in [-0.25, -0.2) is 0 Å². The molecule has 0 aliphatic carbocycles. The van der Waals surface area contributed by atoms with Crippen molar-refractivity contribution in [3.05, 3.63) is 29.3 Å². The van der Waals surface area contributed by atoms with Crippen molar-refractivity contribution in [1.29, 1.82) is 0 Å². The van der Waals surface area contributed by atoms with E-state index in [1.54, 1.807) is 0 Å². The van der Waals surface area contributed by atoms with E-state index in [0.29, 0.717) is 6.61 Å². The van der Waals surface area contributed by atoms with Crippen LogP contribution in [0.2, 0.25) is 0 Å². The summed E-state index contributed by atoms with van der Waals surface area (Å²) in [6, 6.07) is 5.98. The van der Waals surface area contributed by atoms with E-state index in [9.17, 15) is 4.79 Å². The molecule has 0 saturated heterocycles. The van der Waals surface area contributed by atoms with Crippen LogP contribution in [0.1, 0.15) is 25.0 Å². The molecule has 0 bridgehead atoms. The molecule has 0 spiro atoms. The van der Waals surface area contributed by atoms with Crippen molar-refractivity contribution in [2.24, 2.45) is 5.73 Å². The maximum absolute atomic E-state index is 11.2. The van der Waals surface area contributed by atoms with Gasteiger partial charge in [-0.2, -0.15) is 0 Å². The van der Waals surface area contributed by atoms with Crippen molar-refractivity contribution < 1.29 is 9.53 Å². The first kappa shape index (κ1) is 12.9. The number of carbonyl (C=O) groups excluding carboxylic acids is 1. The zero-order valence-corrected chi connectivity index (χ0v) is 11.0. The molecule has 2 N–H and O–H groups in total. The molecular weight excluding hydrogens is 228 g/mol. The minimum Gasteiger partial charge on any atom is -0.494 e. The molecular formula is C14H20N2O2. The van der Waals surface area contributed by atoms with Gasteiger partial charge in [0.25, 0.3) is 0 Å². The molecule has 1 aromatic rings. The number of nitrogens with zero attached hydrogens (tertiary/aromatic N) is 1. The van der Waals surface area contributed by atoms with Gasteiger partial charge >= 0.3 is 0 Å². The lowest BCUT2D eigenvalue weighted by Gasteiger charge is -2.32. The fourth-order valence-electron chi connectivity index (χ4n) is 2.32. The quantitative estimate of drug-likeness (QED) is 0.874. The molecule has 0 aromatic heterocycles. The van der Waals surface area contributed by atoms with E-state index in [0.717, 1.165) is 25.3 Å². The zero-order valence-electron chi connectivity index (χ0n) is 11.0. The number of primary amides is 1. The summed E-state index contributed by atoms with van der Waals surface area (Å²) < 4.78 is 5.50. The van der Waals surface area contributed by atoms with E-state index in [4.69, 9.17) is 10.5 Å². The van der Waals surface area contributed by atoms with Crippen LogP contribution in [-0.4, -0.2) is 30.0 Å². The summed E-state index contributed by atoms with van der Waals surface area (Å²) in [5.74, 6) is 0.629. The number of hydrogen-bond donors (Lipinski definition) is 1. The highest BCUT2D eigenvalue weighted by Gasteiger charge is 2.23. The molecule has 1 aliphatic heterocycles. The summed E-state index contributed by atoms with van der Waals surface area (Å²) in [6.07, 6.45) is 0.958. The highest BCUT2D eigenvalue weighted by Crippen LogP contribution is 2.24. The number of fused-ring (bicyclic) bond motifs is 1. The van der Waals surface area contributed by atoms with Gasteiger partial charge in [-0.1, -0.05) is 6.07 Å². The van der Waals surface area contributed by atoms with Crippen molar-refractivity contribution in [3.8, 4) is 5.75 Å². The van der Waals surface area contributed by atoms with Crippen LogP contribution in [0, 0.1) is 0 Å². The summed E-state index contributed by atoms with van der Waals surface area (Å²) in [6.45, 7) is 6.15. The molecule has 1 aromatic carbocycles. The lowest BCUT2D eigenvalue weighted by molar-refractivity contribution is -0.123. The molecule has 1 aliphatic rings. The smallest absolute Gasteiger partial charge is 0.234 e. The Kier molecular flexibility index (Phi) is 3.87. The summed E-state index contributed by atoms with van der Waals surface area (Å²) in [7, 11) is 0. The van der Waals surface area contributed by atoms with Crippen LogP contribution in [0.3, 0.4) is 0 Å². The Morgan fingerprint density at radius 3 is 2.94 bits per heavy atom. The molecule has 2 rings (SSSR count). The Morgan fingerprint density at radius 1 is 1.50 bits per heavy atom. The SMILES string of the molecule is CCOc1ccc2c(c1)CN([C@@H](C)C(N)=O)CC2. The minimum atomic E-state index is -0.264. The van der Waals surface area contributed by atoms with Gasteiger partial charge < -0.3 is 10.5 Å². The summed E-state index contributed by atoms with van der Waals surface area (Å²) in [5, 5.41) is 0. The van der Waals surface area contributed by atoms with Crippen molar-refractivity contribution in [1.82, 2.24) is 4.90 Å². The first-order valence-corrected chi connectivity index (χ1v) is 6.39. The van der Waals surface area contributed by atoms with Crippen LogP contribution < -0.4 is 10.5 Å². The summed E-state index contributed by atoms with van der Waals surface area (Å²) >= 11 is 0. The van der Waals surface area contributed by atoms with E-state index in [1.807, 2.05) is 19.9 Å². The molecule has 1 amide bonds. The van der Waals surface area contributed by atoms with Crippen LogP contribution in [0.15, 0.2) is 18.2 Å². The van der Waals surface area contributed by atoms with Gasteiger partial charge in [-0.05, 0) is 43.5 Å². The van der Waals surface area contributed by atoms with Gasteiger partial charge in [0, 0.05) is 13.1 Å². The fourth-order valence-corrected chi connectivity index (χ4v) is 2.32. The highest BCUT2D eigenvalue weighted by molar-refractivity contribution is 5.79. The van der Waals surface area contributed by atoms with Gasteiger partial charge in [0.1, 0.15) is 5.75 Å². The molecule has 0 radical (unpaired) electrons. The van der Waals surface area contributed by atoms with Crippen LogP contribution in [-0.2, 0) is 17.8 Å². The van der Waals surface area contributed by atoms with Crippen molar-refractivity contribution >= 4 is 5.91 Å². The van der Waals surface area contributed by atoms with Crippen LogP contribution >= 0.6 is 0 Å². The van der Waals surface area contributed by atoms with Gasteiger partial charge in [-0.15, -0.1) is 0 Å². The van der Waals surface area contributed by atoms with Crippen LogP contribution in [0.4, 0.5) is 0 Å². The lowest BCUT2D eigenvalue weighted by Crippen LogP contribution is -2.45. The molecule has 0 fully saturated rings. The normalized spacial score (nSPS) is 17.0. The number of amides is 1. The Bertz CT molecular complexity index is 445. The third-order valence-electron chi connectivity index (χ3n) is 3.49. The second-order valence-corrected chi connectivity index (χ2v) is 4.66. The topological polar surface area (TPSA) is 55.6 Å². The van der Waals surface area contributed by atoms with Gasteiger partial charge in [0.2, 0.25) is 5.91 Å². The molecule has 4 nitrogen and oxygen atoms in total. The van der Waals surface area contributed by atoms with Gasteiger partial charge in [0.15, 0.2) is 0 Å². The standard InChI is InChI=1S/C14H20N2O2/c1-3-18-13-5-4-11-6-7-16(9-12(11)8-13)10(2)14(15)17/h4-5,8,10H,3,6-7,9H2,1-2H3,(H2,15,17)/t10-/m0/s1. The number of ether oxygens (including phenoxy) is 1. The number of nitrogens with two attached hydrogens (primary N) is 1. The number of hydrogen-bond acceptors (Lipinski definition) is 3. The zero-order chi connectivity index (χ0) is 13.1. The maximum atomic E-state index is 11.2. The van der Waals surface area contributed by atoms with E-state index in [-0.39, 0.29) is 11.9 Å². The Labute approximate surface area is 108 Å². The van der Waals surface area contributed by atoms with Gasteiger partial charge in [-0.3, -0.25) is 9.69 Å². The van der Waals surface area contributed by atoms with Crippen LogP contribution in [0.5, 0.6) is 5.75 Å². The minimum absolute atomic E-state index is 0.214. The van der Waals surface area contributed by atoms with E-state index in [2.05, 4.69) is 17.0 Å². The number of carbonyl (C=O) groups is 1. The molecule has 4 heteroatoms. The van der Waals surface area contributed by atoms with Crippen molar-refractivity contribution in [2.45, 2.75) is 32.9 Å². The average molecular weight is 248 g/mol. The second kappa shape index (κ2) is 5.40. The molecule has 18 heavy (non-hydrogen) atoms. The average Bonchev–Trinajstić information content (AvgIpc) is 2.37.